The summed E-state index contributed by atoms with van der Waals surface area (Å²) in [6.45, 7) is 0.193. The van der Waals surface area contributed by atoms with Gasteiger partial charge in [-0.2, -0.15) is 5.26 Å². The molecule has 4 aromatic carbocycles. The summed E-state index contributed by atoms with van der Waals surface area (Å²) in [5, 5.41) is 9.28. The first-order valence-corrected chi connectivity index (χ1v) is 11.4. The zero-order chi connectivity index (χ0) is 24.6. The Labute approximate surface area is 207 Å². The molecule has 6 rings (SSSR count). The zero-order valence-electron chi connectivity index (χ0n) is 19.1. The van der Waals surface area contributed by atoms with Gasteiger partial charge in [-0.05, 0) is 35.9 Å². The summed E-state index contributed by atoms with van der Waals surface area (Å²) in [5.74, 6) is -0.550. The average Bonchev–Trinajstić information content (AvgIpc) is 3.18. The van der Waals surface area contributed by atoms with Crippen molar-refractivity contribution < 1.29 is 9.59 Å². The molecular weight excluding hydrogens is 448 g/mol. The van der Waals surface area contributed by atoms with Crippen molar-refractivity contribution in [1.29, 1.82) is 5.26 Å². The Morgan fingerprint density at radius 2 is 1.25 bits per heavy atom. The molecule has 0 bridgehead atoms. The lowest BCUT2D eigenvalue weighted by molar-refractivity contribution is 0.0642. The van der Waals surface area contributed by atoms with E-state index in [1.807, 2.05) is 54.6 Å². The number of benzene rings is 4. The maximum atomic E-state index is 12.7. The van der Waals surface area contributed by atoms with Gasteiger partial charge in [-0.1, -0.05) is 66.7 Å². The maximum Gasteiger partial charge on any atom is 0.261 e. The van der Waals surface area contributed by atoms with E-state index in [-0.39, 0.29) is 18.4 Å². The number of rotatable bonds is 4. The molecule has 0 atom stereocenters. The Hall–Kier alpha value is -5.15. The molecule has 6 nitrogen and oxygen atoms in total. The maximum absolute atomic E-state index is 12.7. The third kappa shape index (κ3) is 3.60. The van der Waals surface area contributed by atoms with Crippen LogP contribution >= 0.6 is 0 Å². The number of nitriles is 1. The number of imide groups is 1. The number of fused-ring (bicyclic) bond motifs is 2. The first-order valence-electron chi connectivity index (χ1n) is 11.4. The van der Waals surface area contributed by atoms with Crippen LogP contribution in [0.5, 0.6) is 0 Å². The van der Waals surface area contributed by atoms with Gasteiger partial charge in [0.2, 0.25) is 0 Å². The quantitative estimate of drug-likeness (QED) is 0.320. The monoisotopic (exact) mass is 466 g/mol. The first-order chi connectivity index (χ1) is 17.6. The fraction of sp³-hybridized carbons (Fsp3) is 0.0333. The Bertz CT molecular complexity index is 1670. The van der Waals surface area contributed by atoms with Crippen molar-refractivity contribution in [2.75, 3.05) is 0 Å². The molecule has 170 valence electrons. The predicted molar refractivity (Wildman–Crippen MR) is 136 cm³/mol. The highest BCUT2D eigenvalue weighted by Gasteiger charge is 2.34. The third-order valence-electron chi connectivity index (χ3n) is 6.29. The highest BCUT2D eigenvalue weighted by molar-refractivity contribution is 6.21. The second kappa shape index (κ2) is 8.57. The van der Waals surface area contributed by atoms with Crippen LogP contribution in [0.4, 0.5) is 0 Å². The molecule has 0 fully saturated rings. The standard InChI is InChI=1S/C30H18N4O2/c31-17-20-12-15-25-26(16-20)33-27(21-6-2-1-3-7-21)28(32-25)22-13-10-19(11-14-22)18-34-29(35)23-8-4-5-9-24(23)30(34)36/h1-16H,18H2. The Kier molecular flexibility index (Phi) is 5.09. The van der Waals surface area contributed by atoms with Gasteiger partial charge in [0.25, 0.3) is 11.8 Å². The van der Waals surface area contributed by atoms with Crippen molar-refractivity contribution in [2.45, 2.75) is 6.54 Å². The molecule has 2 heterocycles. The van der Waals surface area contributed by atoms with Crippen molar-refractivity contribution >= 4 is 22.8 Å². The molecule has 6 heteroatoms. The molecule has 1 aliphatic rings. The number of carbonyl (C=O) groups excluding carboxylic acids is 2. The minimum Gasteiger partial charge on any atom is -0.270 e. The van der Waals surface area contributed by atoms with Crippen LogP contribution < -0.4 is 0 Å². The molecule has 0 N–H and O–H groups in total. The molecule has 1 aliphatic heterocycles. The van der Waals surface area contributed by atoms with Crippen molar-refractivity contribution in [1.82, 2.24) is 14.9 Å². The Morgan fingerprint density at radius 1 is 0.667 bits per heavy atom. The Balaban J connectivity index is 1.37. The summed E-state index contributed by atoms with van der Waals surface area (Å²) in [4.78, 5) is 36.5. The largest absolute Gasteiger partial charge is 0.270 e. The second-order valence-electron chi connectivity index (χ2n) is 8.54. The number of hydrogen-bond donors (Lipinski definition) is 0. The van der Waals surface area contributed by atoms with E-state index in [2.05, 4.69) is 6.07 Å². The van der Waals surface area contributed by atoms with E-state index in [0.29, 0.717) is 39.1 Å². The van der Waals surface area contributed by atoms with Gasteiger partial charge < -0.3 is 0 Å². The fourth-order valence-corrected chi connectivity index (χ4v) is 4.46. The number of hydrogen-bond acceptors (Lipinski definition) is 5. The summed E-state index contributed by atoms with van der Waals surface area (Å²) in [5.41, 5.74) is 6.80. The summed E-state index contributed by atoms with van der Waals surface area (Å²) >= 11 is 0. The van der Waals surface area contributed by atoms with Crippen molar-refractivity contribution in [3.8, 4) is 28.6 Å². The van der Waals surface area contributed by atoms with Crippen molar-refractivity contribution in [2.24, 2.45) is 0 Å². The van der Waals surface area contributed by atoms with Gasteiger partial charge in [-0.15, -0.1) is 0 Å². The highest BCUT2D eigenvalue weighted by Crippen LogP contribution is 2.32. The smallest absolute Gasteiger partial charge is 0.261 e. The summed E-state index contributed by atoms with van der Waals surface area (Å²) in [6, 6.07) is 31.8. The molecule has 0 spiro atoms. The van der Waals surface area contributed by atoms with Gasteiger partial charge in [-0.3, -0.25) is 14.5 Å². The normalized spacial score (nSPS) is 12.6. The van der Waals surface area contributed by atoms with E-state index >= 15 is 0 Å². The van der Waals surface area contributed by atoms with Crippen LogP contribution in [-0.4, -0.2) is 26.7 Å². The van der Waals surface area contributed by atoms with Gasteiger partial charge in [0.1, 0.15) is 0 Å². The Morgan fingerprint density at radius 3 is 1.89 bits per heavy atom. The molecule has 5 aromatic rings. The van der Waals surface area contributed by atoms with Gasteiger partial charge in [0, 0.05) is 11.1 Å². The number of aromatic nitrogens is 2. The van der Waals surface area contributed by atoms with E-state index in [0.717, 1.165) is 16.7 Å². The lowest BCUT2D eigenvalue weighted by atomic mass is 10.0. The van der Waals surface area contributed by atoms with E-state index in [1.54, 1.807) is 42.5 Å². The topological polar surface area (TPSA) is 87.0 Å². The van der Waals surface area contributed by atoms with Crippen LogP contribution in [-0.2, 0) is 6.54 Å². The zero-order valence-corrected chi connectivity index (χ0v) is 19.1. The second-order valence-corrected chi connectivity index (χ2v) is 8.54. The van der Waals surface area contributed by atoms with Crippen LogP contribution in [0.15, 0.2) is 97.1 Å². The lowest BCUT2D eigenvalue weighted by Gasteiger charge is -2.15. The predicted octanol–water partition coefficient (Wildman–Crippen LogP) is 5.63. The van der Waals surface area contributed by atoms with Gasteiger partial charge in [0.05, 0.1) is 51.7 Å². The molecular formula is C30H18N4O2. The molecule has 0 radical (unpaired) electrons. The van der Waals surface area contributed by atoms with Crippen molar-refractivity contribution in [3.63, 3.8) is 0 Å². The van der Waals surface area contributed by atoms with Crippen LogP contribution in [0.1, 0.15) is 31.8 Å². The lowest BCUT2D eigenvalue weighted by Crippen LogP contribution is -2.29. The first kappa shape index (κ1) is 21.4. The van der Waals surface area contributed by atoms with Crippen LogP contribution in [0.3, 0.4) is 0 Å². The van der Waals surface area contributed by atoms with Crippen LogP contribution in [0, 0.1) is 11.3 Å². The van der Waals surface area contributed by atoms with Gasteiger partial charge in [0.15, 0.2) is 0 Å². The van der Waals surface area contributed by atoms with E-state index < -0.39 is 0 Å². The minimum absolute atomic E-state index is 0.193. The number of carbonyl (C=O) groups is 2. The molecule has 0 unspecified atom stereocenters. The molecule has 1 aromatic heterocycles. The average molecular weight is 467 g/mol. The van der Waals surface area contributed by atoms with Crippen LogP contribution in [0.2, 0.25) is 0 Å². The van der Waals surface area contributed by atoms with E-state index in [1.165, 1.54) is 4.90 Å². The van der Waals surface area contributed by atoms with E-state index in [4.69, 9.17) is 9.97 Å². The molecule has 2 amide bonds. The minimum atomic E-state index is -0.275. The van der Waals surface area contributed by atoms with E-state index in [9.17, 15) is 14.9 Å². The van der Waals surface area contributed by atoms with Crippen molar-refractivity contribution in [3.05, 3.63) is 119 Å². The summed E-state index contributed by atoms with van der Waals surface area (Å²) < 4.78 is 0. The fourth-order valence-electron chi connectivity index (χ4n) is 4.46. The summed E-state index contributed by atoms with van der Waals surface area (Å²) in [6.07, 6.45) is 0. The van der Waals surface area contributed by atoms with Crippen LogP contribution in [0.25, 0.3) is 33.5 Å². The number of nitrogens with zero attached hydrogens (tertiary/aromatic N) is 4. The molecule has 36 heavy (non-hydrogen) atoms. The highest BCUT2D eigenvalue weighted by atomic mass is 16.2. The summed E-state index contributed by atoms with van der Waals surface area (Å²) in [7, 11) is 0. The molecule has 0 saturated heterocycles. The SMILES string of the molecule is N#Cc1ccc2nc(-c3ccc(CN4C(=O)c5ccccc5C4=O)cc3)c(-c3ccccc3)nc2c1. The molecule has 0 saturated carbocycles. The third-order valence-corrected chi connectivity index (χ3v) is 6.29. The number of amides is 2. The molecule has 0 aliphatic carbocycles. The van der Waals surface area contributed by atoms with Gasteiger partial charge >= 0.3 is 0 Å². The van der Waals surface area contributed by atoms with Gasteiger partial charge in [-0.25, -0.2) is 9.97 Å².